The van der Waals surface area contributed by atoms with Gasteiger partial charge in [-0.1, -0.05) is 13.8 Å². The fourth-order valence-corrected chi connectivity index (χ4v) is 1.96. The molecule has 1 rings (SSSR count). The summed E-state index contributed by atoms with van der Waals surface area (Å²) in [5.41, 5.74) is 1.13. The Morgan fingerprint density at radius 2 is 1.94 bits per heavy atom. The molecule has 0 fully saturated rings. The summed E-state index contributed by atoms with van der Waals surface area (Å²) in [6.45, 7) is 6.42. The molecule has 1 unspecified atom stereocenters. The minimum atomic E-state index is -0.367. The van der Waals surface area contributed by atoms with E-state index in [2.05, 4.69) is 20.8 Å². The van der Waals surface area contributed by atoms with E-state index in [1.807, 2.05) is 11.9 Å². The zero-order valence-corrected chi connectivity index (χ0v) is 10.9. The van der Waals surface area contributed by atoms with Crippen molar-refractivity contribution in [2.75, 3.05) is 11.9 Å². The lowest BCUT2D eigenvalue weighted by Gasteiger charge is -2.28. The van der Waals surface area contributed by atoms with Gasteiger partial charge in [-0.25, -0.2) is 4.39 Å². The van der Waals surface area contributed by atoms with Crippen molar-refractivity contribution in [1.29, 1.82) is 0 Å². The van der Waals surface area contributed by atoms with Crippen LogP contribution in [0.15, 0.2) is 18.2 Å². The molecular formula is C14H20FNO. The second kappa shape index (κ2) is 5.80. The normalized spacial score (nSPS) is 12.6. The highest BCUT2D eigenvalue weighted by Gasteiger charge is 2.13. The average Bonchev–Trinajstić information content (AvgIpc) is 2.26. The van der Waals surface area contributed by atoms with E-state index < -0.39 is 0 Å². The van der Waals surface area contributed by atoms with Crippen LogP contribution in [-0.4, -0.2) is 19.4 Å². The minimum absolute atomic E-state index is 0.316. The van der Waals surface area contributed by atoms with E-state index in [0.29, 0.717) is 23.8 Å². The lowest BCUT2D eigenvalue weighted by molar-refractivity contribution is 0.112. The van der Waals surface area contributed by atoms with Gasteiger partial charge < -0.3 is 4.90 Å². The quantitative estimate of drug-likeness (QED) is 0.730. The Labute approximate surface area is 102 Å². The van der Waals surface area contributed by atoms with Crippen LogP contribution in [0.3, 0.4) is 0 Å². The van der Waals surface area contributed by atoms with Crippen molar-refractivity contribution in [3.8, 4) is 0 Å². The average molecular weight is 237 g/mol. The predicted molar refractivity (Wildman–Crippen MR) is 69.1 cm³/mol. The number of carbonyl (C=O) groups excluding carboxylic acids is 1. The predicted octanol–water partition coefficient (Wildman–Crippen LogP) is 3.51. The van der Waals surface area contributed by atoms with Gasteiger partial charge in [0, 0.05) is 24.3 Å². The summed E-state index contributed by atoms with van der Waals surface area (Å²) in [5, 5.41) is 0. The van der Waals surface area contributed by atoms with Gasteiger partial charge in [-0.2, -0.15) is 0 Å². The molecule has 0 spiro atoms. The summed E-state index contributed by atoms with van der Waals surface area (Å²) in [5.74, 6) is 0.222. The topological polar surface area (TPSA) is 20.3 Å². The first-order valence-electron chi connectivity index (χ1n) is 5.92. The number of anilines is 1. The van der Waals surface area contributed by atoms with Gasteiger partial charge in [0.25, 0.3) is 0 Å². The largest absolute Gasteiger partial charge is 0.372 e. The number of aldehydes is 1. The number of halogens is 1. The summed E-state index contributed by atoms with van der Waals surface area (Å²) in [6.07, 6.45) is 1.71. The standard InChI is InChI=1S/C14H20FNO/c1-10(2)5-11(3)16(4)14-7-12(9-17)6-13(15)8-14/h6-11H,5H2,1-4H3. The van der Waals surface area contributed by atoms with Gasteiger partial charge in [0.1, 0.15) is 12.1 Å². The second-order valence-electron chi connectivity index (χ2n) is 4.95. The Bertz CT molecular complexity index is 390. The molecule has 0 N–H and O–H groups in total. The fourth-order valence-electron chi connectivity index (χ4n) is 1.96. The molecule has 1 aromatic rings. The Morgan fingerprint density at radius 1 is 1.29 bits per heavy atom. The number of hydrogen-bond donors (Lipinski definition) is 0. The van der Waals surface area contributed by atoms with Crippen LogP contribution in [0.25, 0.3) is 0 Å². The lowest BCUT2D eigenvalue weighted by Crippen LogP contribution is -2.30. The molecule has 0 aliphatic rings. The second-order valence-corrected chi connectivity index (χ2v) is 4.95. The van der Waals surface area contributed by atoms with Crippen molar-refractivity contribution < 1.29 is 9.18 Å². The van der Waals surface area contributed by atoms with Crippen molar-refractivity contribution in [3.05, 3.63) is 29.6 Å². The first-order chi connectivity index (χ1) is 7.93. The van der Waals surface area contributed by atoms with Gasteiger partial charge in [-0.15, -0.1) is 0 Å². The molecular weight excluding hydrogens is 217 g/mol. The third-order valence-electron chi connectivity index (χ3n) is 2.92. The highest BCUT2D eigenvalue weighted by Crippen LogP contribution is 2.21. The van der Waals surface area contributed by atoms with Crippen LogP contribution in [0.5, 0.6) is 0 Å². The highest BCUT2D eigenvalue weighted by molar-refractivity contribution is 5.77. The van der Waals surface area contributed by atoms with Gasteiger partial charge in [0.05, 0.1) is 0 Å². The first kappa shape index (κ1) is 13.7. The smallest absolute Gasteiger partial charge is 0.150 e. The molecule has 0 saturated carbocycles. The van der Waals surface area contributed by atoms with Crippen molar-refractivity contribution in [3.63, 3.8) is 0 Å². The third kappa shape index (κ3) is 3.84. The molecule has 0 aliphatic heterocycles. The van der Waals surface area contributed by atoms with Gasteiger partial charge in [-0.05, 0) is 37.5 Å². The maximum atomic E-state index is 13.3. The van der Waals surface area contributed by atoms with Crippen molar-refractivity contribution in [2.45, 2.75) is 33.2 Å². The van der Waals surface area contributed by atoms with Crippen molar-refractivity contribution in [2.24, 2.45) is 5.92 Å². The van der Waals surface area contributed by atoms with Crippen LogP contribution in [-0.2, 0) is 0 Å². The zero-order chi connectivity index (χ0) is 13.0. The molecule has 0 amide bonds. The molecule has 0 saturated heterocycles. The zero-order valence-electron chi connectivity index (χ0n) is 10.9. The number of rotatable bonds is 5. The Balaban J connectivity index is 2.91. The summed E-state index contributed by atoms with van der Waals surface area (Å²) in [7, 11) is 1.93. The van der Waals surface area contributed by atoms with Crippen LogP contribution >= 0.6 is 0 Å². The summed E-state index contributed by atoms with van der Waals surface area (Å²) < 4.78 is 13.3. The highest BCUT2D eigenvalue weighted by atomic mass is 19.1. The molecule has 3 heteroatoms. The number of carbonyl (C=O) groups is 1. The van der Waals surface area contributed by atoms with Crippen LogP contribution in [0.2, 0.25) is 0 Å². The molecule has 1 atom stereocenters. The molecule has 0 aromatic heterocycles. The van der Waals surface area contributed by atoms with Gasteiger partial charge in [0.2, 0.25) is 0 Å². The van der Waals surface area contributed by atoms with Crippen molar-refractivity contribution in [1.82, 2.24) is 0 Å². The maximum absolute atomic E-state index is 13.3. The third-order valence-corrected chi connectivity index (χ3v) is 2.92. The van der Waals surface area contributed by atoms with E-state index in [-0.39, 0.29) is 5.82 Å². The first-order valence-corrected chi connectivity index (χ1v) is 5.92. The van der Waals surface area contributed by atoms with Gasteiger partial charge in [0.15, 0.2) is 0 Å². The Morgan fingerprint density at radius 3 is 2.47 bits per heavy atom. The summed E-state index contributed by atoms with van der Waals surface area (Å²) in [6, 6.07) is 4.74. The molecule has 0 radical (unpaired) electrons. The fraction of sp³-hybridized carbons (Fsp3) is 0.500. The number of nitrogens with zero attached hydrogens (tertiary/aromatic N) is 1. The number of hydrogen-bond acceptors (Lipinski definition) is 2. The minimum Gasteiger partial charge on any atom is -0.372 e. The van der Waals surface area contributed by atoms with Crippen LogP contribution < -0.4 is 4.90 Å². The SMILES string of the molecule is CC(C)CC(C)N(C)c1cc(F)cc(C=O)c1. The number of benzene rings is 1. The van der Waals surface area contributed by atoms with Crippen molar-refractivity contribution >= 4 is 12.0 Å². The molecule has 0 heterocycles. The molecule has 17 heavy (non-hydrogen) atoms. The van der Waals surface area contributed by atoms with E-state index in [1.165, 1.54) is 12.1 Å². The molecule has 0 bridgehead atoms. The molecule has 2 nitrogen and oxygen atoms in total. The van der Waals surface area contributed by atoms with E-state index in [9.17, 15) is 9.18 Å². The molecule has 1 aromatic carbocycles. The lowest BCUT2D eigenvalue weighted by atomic mass is 10.0. The summed E-state index contributed by atoms with van der Waals surface area (Å²) in [4.78, 5) is 12.7. The Hall–Kier alpha value is -1.38. The van der Waals surface area contributed by atoms with E-state index >= 15 is 0 Å². The summed E-state index contributed by atoms with van der Waals surface area (Å²) >= 11 is 0. The van der Waals surface area contributed by atoms with E-state index in [1.54, 1.807) is 6.07 Å². The molecule has 0 aliphatic carbocycles. The van der Waals surface area contributed by atoms with E-state index in [0.717, 1.165) is 12.1 Å². The van der Waals surface area contributed by atoms with Crippen LogP contribution in [0.4, 0.5) is 10.1 Å². The van der Waals surface area contributed by atoms with Crippen LogP contribution in [0, 0.1) is 11.7 Å². The maximum Gasteiger partial charge on any atom is 0.150 e. The van der Waals surface area contributed by atoms with Gasteiger partial charge in [-0.3, -0.25) is 4.79 Å². The monoisotopic (exact) mass is 237 g/mol. The molecule has 94 valence electrons. The van der Waals surface area contributed by atoms with Crippen LogP contribution in [0.1, 0.15) is 37.6 Å². The van der Waals surface area contributed by atoms with E-state index in [4.69, 9.17) is 0 Å². The van der Waals surface area contributed by atoms with Gasteiger partial charge >= 0.3 is 0 Å². The Kier molecular flexibility index (Phi) is 4.67.